The van der Waals surface area contributed by atoms with E-state index in [1.165, 1.54) is 0 Å². The zero-order chi connectivity index (χ0) is 16.5. The molecule has 2 aromatic heterocycles. The number of nitrogens with one attached hydrogen (secondary N) is 2. The molecule has 0 saturated carbocycles. The lowest BCUT2D eigenvalue weighted by molar-refractivity contribution is 1.01. The molecule has 0 atom stereocenters. The van der Waals surface area contributed by atoms with Gasteiger partial charge in [-0.05, 0) is 23.8 Å². The number of hydrazone groups is 1. The number of benzene rings is 2. The highest BCUT2D eigenvalue weighted by Gasteiger charge is 2.07. The molecule has 0 unspecified atom stereocenters. The van der Waals surface area contributed by atoms with Crippen molar-refractivity contribution in [1.82, 2.24) is 20.2 Å². The molecule has 0 amide bonds. The van der Waals surface area contributed by atoms with Crippen LogP contribution in [0.1, 0.15) is 5.56 Å². The number of halogens is 2. The van der Waals surface area contributed by atoms with Crippen LogP contribution in [0.4, 0.5) is 5.95 Å². The van der Waals surface area contributed by atoms with E-state index in [0.717, 1.165) is 22.0 Å². The highest BCUT2D eigenvalue weighted by molar-refractivity contribution is 6.42. The third kappa shape index (κ3) is 2.77. The van der Waals surface area contributed by atoms with Gasteiger partial charge < -0.3 is 4.98 Å². The minimum Gasteiger partial charge on any atom is -0.338 e. The monoisotopic (exact) mass is 356 g/mol. The third-order valence-electron chi connectivity index (χ3n) is 3.44. The summed E-state index contributed by atoms with van der Waals surface area (Å²) >= 11 is 11.8. The molecule has 2 N–H and O–H groups in total. The van der Waals surface area contributed by atoms with Crippen molar-refractivity contribution in [1.29, 1.82) is 0 Å². The van der Waals surface area contributed by atoms with E-state index in [4.69, 9.17) is 23.2 Å². The Balaban J connectivity index is 1.59. The Labute approximate surface area is 146 Å². The summed E-state index contributed by atoms with van der Waals surface area (Å²) in [6.45, 7) is 0. The van der Waals surface area contributed by atoms with Gasteiger partial charge in [0, 0.05) is 10.9 Å². The van der Waals surface area contributed by atoms with E-state index in [-0.39, 0.29) is 0 Å². The molecule has 118 valence electrons. The van der Waals surface area contributed by atoms with Crippen LogP contribution in [-0.4, -0.2) is 26.4 Å². The molecule has 4 aromatic rings. The van der Waals surface area contributed by atoms with Gasteiger partial charge in [0.2, 0.25) is 0 Å². The highest BCUT2D eigenvalue weighted by Crippen LogP contribution is 2.22. The largest absolute Gasteiger partial charge is 0.338 e. The summed E-state index contributed by atoms with van der Waals surface area (Å²) in [5.74, 6) is 0.297. The van der Waals surface area contributed by atoms with Gasteiger partial charge in [0.05, 0.1) is 16.3 Å². The van der Waals surface area contributed by atoms with Crippen LogP contribution in [0, 0.1) is 0 Å². The van der Waals surface area contributed by atoms with Crippen LogP contribution in [0.15, 0.2) is 47.6 Å². The standard InChI is InChI=1S/C16H10Cl2N6/c17-11-6-5-9(7-12(11)18)8-19-23-16-21-15-14(22-24-16)10-3-1-2-4-13(10)20-15/h1-8H,(H2,20,21,23,24)/b19-8+. The van der Waals surface area contributed by atoms with E-state index >= 15 is 0 Å². The average molecular weight is 357 g/mol. The van der Waals surface area contributed by atoms with E-state index in [2.05, 4.69) is 30.7 Å². The quantitative estimate of drug-likeness (QED) is 0.424. The third-order valence-corrected chi connectivity index (χ3v) is 4.18. The number of H-pyrrole nitrogens is 1. The van der Waals surface area contributed by atoms with E-state index < -0.39 is 0 Å². The van der Waals surface area contributed by atoms with E-state index in [0.29, 0.717) is 21.6 Å². The lowest BCUT2D eigenvalue weighted by Gasteiger charge is -1.99. The van der Waals surface area contributed by atoms with Crippen LogP contribution >= 0.6 is 23.2 Å². The summed E-state index contributed by atoms with van der Waals surface area (Å²) in [6, 6.07) is 13.1. The van der Waals surface area contributed by atoms with Crippen LogP contribution in [-0.2, 0) is 0 Å². The Morgan fingerprint density at radius 1 is 1.04 bits per heavy atom. The first-order valence-corrected chi connectivity index (χ1v) is 7.81. The topological polar surface area (TPSA) is 78.8 Å². The van der Waals surface area contributed by atoms with Gasteiger partial charge in [-0.2, -0.15) is 10.1 Å². The second kappa shape index (κ2) is 6.07. The number of aromatic amines is 1. The van der Waals surface area contributed by atoms with Crippen LogP contribution in [0.25, 0.3) is 22.1 Å². The van der Waals surface area contributed by atoms with Crippen molar-refractivity contribution in [3.63, 3.8) is 0 Å². The summed E-state index contributed by atoms with van der Waals surface area (Å²) in [4.78, 5) is 7.58. The molecule has 0 saturated heterocycles. The van der Waals surface area contributed by atoms with E-state index in [9.17, 15) is 0 Å². The SMILES string of the molecule is Clc1ccc(/C=N/Nc2nnc3c(n2)[nH]c2ccccc23)cc1Cl. The molecule has 2 aromatic carbocycles. The molecular formula is C16H10Cl2N6. The van der Waals surface area contributed by atoms with Crippen molar-refractivity contribution in [2.75, 3.05) is 5.43 Å². The van der Waals surface area contributed by atoms with Crippen LogP contribution in [0.5, 0.6) is 0 Å². The molecule has 0 spiro atoms. The zero-order valence-corrected chi connectivity index (χ0v) is 13.7. The predicted molar refractivity (Wildman–Crippen MR) is 96.9 cm³/mol. The van der Waals surface area contributed by atoms with Gasteiger partial charge in [0.1, 0.15) is 5.52 Å². The van der Waals surface area contributed by atoms with Gasteiger partial charge in [0.25, 0.3) is 5.95 Å². The number of hydrogen-bond donors (Lipinski definition) is 2. The van der Waals surface area contributed by atoms with Gasteiger partial charge in [-0.25, -0.2) is 5.43 Å². The fraction of sp³-hybridized carbons (Fsp3) is 0. The number of anilines is 1. The number of rotatable bonds is 3. The van der Waals surface area contributed by atoms with Crippen molar-refractivity contribution in [3.8, 4) is 0 Å². The van der Waals surface area contributed by atoms with Crippen molar-refractivity contribution < 1.29 is 0 Å². The van der Waals surface area contributed by atoms with Gasteiger partial charge in [0.15, 0.2) is 5.65 Å². The van der Waals surface area contributed by atoms with Gasteiger partial charge in [-0.15, -0.1) is 10.2 Å². The minimum atomic E-state index is 0.297. The van der Waals surface area contributed by atoms with Crippen LogP contribution in [0.3, 0.4) is 0 Å². The fourth-order valence-electron chi connectivity index (χ4n) is 2.33. The van der Waals surface area contributed by atoms with Gasteiger partial charge in [-0.3, -0.25) is 0 Å². The molecule has 0 aliphatic rings. The molecule has 0 bridgehead atoms. The van der Waals surface area contributed by atoms with Crippen molar-refractivity contribution in [2.45, 2.75) is 0 Å². The summed E-state index contributed by atoms with van der Waals surface area (Å²) in [5, 5.41) is 14.3. The lowest BCUT2D eigenvalue weighted by atomic mass is 10.2. The van der Waals surface area contributed by atoms with Crippen molar-refractivity contribution >= 4 is 57.4 Å². The predicted octanol–water partition coefficient (Wildman–Crippen LogP) is 4.26. The van der Waals surface area contributed by atoms with E-state index in [1.807, 2.05) is 24.3 Å². The first kappa shape index (κ1) is 14.9. The zero-order valence-electron chi connectivity index (χ0n) is 12.2. The first-order valence-electron chi connectivity index (χ1n) is 7.06. The molecule has 24 heavy (non-hydrogen) atoms. The molecule has 0 aliphatic carbocycles. The summed E-state index contributed by atoms with van der Waals surface area (Å²) in [7, 11) is 0. The highest BCUT2D eigenvalue weighted by atomic mass is 35.5. The van der Waals surface area contributed by atoms with E-state index in [1.54, 1.807) is 24.4 Å². The maximum absolute atomic E-state index is 5.96. The Morgan fingerprint density at radius 2 is 1.92 bits per heavy atom. The van der Waals surface area contributed by atoms with Crippen molar-refractivity contribution in [2.24, 2.45) is 5.10 Å². The summed E-state index contributed by atoms with van der Waals surface area (Å²) < 4.78 is 0. The van der Waals surface area contributed by atoms with Gasteiger partial charge >= 0.3 is 0 Å². The molecule has 8 heteroatoms. The Kier molecular flexibility index (Phi) is 3.76. The number of para-hydroxylation sites is 1. The Hall–Kier alpha value is -2.70. The first-order chi connectivity index (χ1) is 11.7. The Morgan fingerprint density at radius 3 is 2.79 bits per heavy atom. The van der Waals surface area contributed by atoms with Crippen LogP contribution < -0.4 is 5.43 Å². The number of fused-ring (bicyclic) bond motifs is 3. The molecule has 0 aliphatic heterocycles. The molecule has 4 rings (SSSR count). The van der Waals surface area contributed by atoms with Gasteiger partial charge in [-0.1, -0.05) is 47.5 Å². The fourth-order valence-corrected chi connectivity index (χ4v) is 2.63. The molecule has 0 radical (unpaired) electrons. The maximum Gasteiger partial charge on any atom is 0.265 e. The average Bonchev–Trinajstić information content (AvgIpc) is 2.96. The lowest BCUT2D eigenvalue weighted by Crippen LogP contribution is -1.99. The Bertz CT molecular complexity index is 1070. The minimum absolute atomic E-state index is 0.297. The molecule has 0 fully saturated rings. The smallest absolute Gasteiger partial charge is 0.265 e. The summed E-state index contributed by atoms with van der Waals surface area (Å²) in [5.41, 5.74) is 5.90. The molecule has 6 nitrogen and oxygen atoms in total. The van der Waals surface area contributed by atoms with Crippen molar-refractivity contribution in [3.05, 3.63) is 58.1 Å². The summed E-state index contributed by atoms with van der Waals surface area (Å²) in [6.07, 6.45) is 1.60. The van der Waals surface area contributed by atoms with Crippen LogP contribution in [0.2, 0.25) is 10.0 Å². The number of aromatic nitrogens is 4. The number of nitrogens with zero attached hydrogens (tertiary/aromatic N) is 4. The molecule has 2 heterocycles. The number of hydrogen-bond acceptors (Lipinski definition) is 5. The second-order valence-electron chi connectivity index (χ2n) is 5.05. The molecular weight excluding hydrogens is 347 g/mol. The normalized spacial score (nSPS) is 11.6. The second-order valence-corrected chi connectivity index (χ2v) is 5.86. The maximum atomic E-state index is 5.96.